The predicted octanol–water partition coefficient (Wildman–Crippen LogP) is 1.37. The Hall–Kier alpha value is -1.58. The highest BCUT2D eigenvalue weighted by atomic mass is 15.4. The average Bonchev–Trinajstić information content (AvgIpc) is 2.67. The van der Waals surface area contributed by atoms with Gasteiger partial charge in [0.2, 0.25) is 0 Å². The van der Waals surface area contributed by atoms with E-state index < -0.39 is 0 Å². The Morgan fingerprint density at radius 3 is 1.12 bits per heavy atom. The van der Waals surface area contributed by atoms with E-state index in [1.54, 1.807) is 0 Å². The lowest BCUT2D eigenvalue weighted by Crippen LogP contribution is -2.25. The van der Waals surface area contributed by atoms with E-state index in [0.717, 1.165) is 13.3 Å². The fourth-order valence-electron chi connectivity index (χ4n) is 2.72. The molecule has 0 atom stereocenters. The Morgan fingerprint density at radius 1 is 0.625 bits per heavy atom. The molecule has 1 aromatic rings. The molecule has 0 N–H and O–H groups in total. The SMILES string of the molecule is CN1CN(C)c2cc3c(cc21)N(C)CN3C. The van der Waals surface area contributed by atoms with Gasteiger partial charge in [0.15, 0.2) is 0 Å². The van der Waals surface area contributed by atoms with E-state index in [2.05, 4.69) is 59.9 Å². The van der Waals surface area contributed by atoms with E-state index in [4.69, 9.17) is 0 Å². The van der Waals surface area contributed by atoms with Crippen LogP contribution in [0, 0.1) is 0 Å². The second kappa shape index (κ2) is 2.97. The molecule has 86 valence electrons. The Labute approximate surface area is 96.6 Å². The zero-order valence-electron chi connectivity index (χ0n) is 10.4. The number of hydrogen-bond acceptors (Lipinski definition) is 4. The first-order valence-corrected chi connectivity index (χ1v) is 5.60. The van der Waals surface area contributed by atoms with Gasteiger partial charge in [0, 0.05) is 28.2 Å². The van der Waals surface area contributed by atoms with Crippen molar-refractivity contribution in [1.82, 2.24) is 0 Å². The Morgan fingerprint density at radius 2 is 0.875 bits per heavy atom. The summed E-state index contributed by atoms with van der Waals surface area (Å²) in [5, 5.41) is 0. The molecular weight excluding hydrogens is 200 g/mol. The molecule has 2 heterocycles. The molecular formula is C12H18N4. The number of hydrogen-bond donors (Lipinski definition) is 0. The molecule has 0 aliphatic carbocycles. The number of anilines is 4. The Kier molecular flexibility index (Phi) is 1.79. The molecule has 4 nitrogen and oxygen atoms in total. The second-order valence-corrected chi connectivity index (χ2v) is 4.90. The minimum Gasteiger partial charge on any atom is -0.355 e. The third-order valence-corrected chi connectivity index (χ3v) is 3.57. The van der Waals surface area contributed by atoms with Crippen LogP contribution in [-0.2, 0) is 0 Å². The van der Waals surface area contributed by atoms with Crippen LogP contribution >= 0.6 is 0 Å². The van der Waals surface area contributed by atoms with Gasteiger partial charge >= 0.3 is 0 Å². The molecule has 0 saturated carbocycles. The molecule has 16 heavy (non-hydrogen) atoms. The summed E-state index contributed by atoms with van der Waals surface area (Å²) in [4.78, 5) is 9.17. The molecule has 0 spiro atoms. The van der Waals surface area contributed by atoms with Crippen LogP contribution in [0.4, 0.5) is 22.7 Å². The second-order valence-electron chi connectivity index (χ2n) is 4.90. The van der Waals surface area contributed by atoms with Crippen molar-refractivity contribution in [2.24, 2.45) is 0 Å². The maximum atomic E-state index is 2.30. The van der Waals surface area contributed by atoms with Gasteiger partial charge < -0.3 is 19.6 Å². The molecule has 2 aliphatic rings. The van der Waals surface area contributed by atoms with E-state index in [-0.39, 0.29) is 0 Å². The highest BCUT2D eigenvalue weighted by Crippen LogP contribution is 2.45. The minimum absolute atomic E-state index is 0.978. The van der Waals surface area contributed by atoms with Crippen molar-refractivity contribution in [3.8, 4) is 0 Å². The molecule has 0 unspecified atom stereocenters. The summed E-state index contributed by atoms with van der Waals surface area (Å²) in [7, 11) is 8.58. The van der Waals surface area contributed by atoms with Gasteiger partial charge in [0.1, 0.15) is 0 Å². The van der Waals surface area contributed by atoms with Crippen molar-refractivity contribution < 1.29 is 0 Å². The Bertz CT molecular complexity index is 367. The van der Waals surface area contributed by atoms with Gasteiger partial charge in [-0.2, -0.15) is 0 Å². The fourth-order valence-corrected chi connectivity index (χ4v) is 2.72. The van der Waals surface area contributed by atoms with Crippen LogP contribution in [0.1, 0.15) is 0 Å². The van der Waals surface area contributed by atoms with E-state index in [1.807, 2.05) is 0 Å². The molecule has 0 saturated heterocycles. The van der Waals surface area contributed by atoms with Gasteiger partial charge in [0.05, 0.1) is 36.1 Å². The van der Waals surface area contributed by atoms with Gasteiger partial charge in [-0.3, -0.25) is 0 Å². The largest absolute Gasteiger partial charge is 0.355 e. The van der Waals surface area contributed by atoms with Crippen LogP contribution < -0.4 is 19.6 Å². The summed E-state index contributed by atoms with van der Waals surface area (Å²) in [5.74, 6) is 0. The molecule has 1 aromatic carbocycles. The van der Waals surface area contributed by atoms with Crippen molar-refractivity contribution in [2.75, 3.05) is 61.1 Å². The molecule has 0 aromatic heterocycles. The van der Waals surface area contributed by atoms with Crippen molar-refractivity contribution >= 4 is 22.7 Å². The molecule has 0 amide bonds. The third kappa shape index (κ3) is 1.10. The standard InChI is InChI=1S/C12H18N4/c1-13-7-14(2)10-6-12-11(5-9(10)13)15(3)8-16(12)4/h5-6H,7-8H2,1-4H3. The van der Waals surface area contributed by atoms with Gasteiger partial charge in [-0.15, -0.1) is 0 Å². The molecule has 2 aliphatic heterocycles. The molecule has 3 rings (SSSR count). The van der Waals surface area contributed by atoms with Crippen LogP contribution in [0.25, 0.3) is 0 Å². The smallest absolute Gasteiger partial charge is 0.0898 e. The van der Waals surface area contributed by atoms with Gasteiger partial charge in [-0.1, -0.05) is 0 Å². The van der Waals surface area contributed by atoms with Crippen molar-refractivity contribution in [3.63, 3.8) is 0 Å². The lowest BCUT2D eigenvalue weighted by atomic mass is 10.2. The summed E-state index contributed by atoms with van der Waals surface area (Å²) in [6.07, 6.45) is 0. The first-order valence-electron chi connectivity index (χ1n) is 5.60. The van der Waals surface area contributed by atoms with Crippen LogP contribution in [0.2, 0.25) is 0 Å². The molecule has 0 bridgehead atoms. The fraction of sp³-hybridized carbons (Fsp3) is 0.500. The third-order valence-electron chi connectivity index (χ3n) is 3.57. The first kappa shape index (κ1) is 9.63. The van der Waals surface area contributed by atoms with Crippen LogP contribution in [0.15, 0.2) is 12.1 Å². The minimum atomic E-state index is 0.978. The zero-order chi connectivity index (χ0) is 11.4. The van der Waals surface area contributed by atoms with Gasteiger partial charge in [0.25, 0.3) is 0 Å². The summed E-state index contributed by atoms with van der Waals surface area (Å²) >= 11 is 0. The van der Waals surface area contributed by atoms with Crippen LogP contribution in [-0.4, -0.2) is 41.5 Å². The molecule has 4 heteroatoms. The first-order chi connectivity index (χ1) is 7.58. The normalized spacial score (nSPS) is 18.2. The van der Waals surface area contributed by atoms with Crippen molar-refractivity contribution in [3.05, 3.63) is 12.1 Å². The maximum absolute atomic E-state index is 2.30. The number of benzene rings is 1. The topological polar surface area (TPSA) is 13.0 Å². The van der Waals surface area contributed by atoms with Crippen molar-refractivity contribution in [1.29, 1.82) is 0 Å². The lowest BCUT2D eigenvalue weighted by molar-refractivity contribution is 0.906. The zero-order valence-corrected chi connectivity index (χ0v) is 10.4. The summed E-state index contributed by atoms with van der Waals surface area (Å²) in [6, 6.07) is 4.61. The van der Waals surface area contributed by atoms with Gasteiger partial charge in [-0.25, -0.2) is 0 Å². The quantitative estimate of drug-likeness (QED) is 0.652. The number of nitrogens with zero attached hydrogens (tertiary/aromatic N) is 4. The highest BCUT2D eigenvalue weighted by molar-refractivity contribution is 5.89. The van der Waals surface area contributed by atoms with Crippen LogP contribution in [0.3, 0.4) is 0 Å². The summed E-state index contributed by atoms with van der Waals surface area (Å²) in [5.41, 5.74) is 5.35. The molecule has 0 fully saturated rings. The summed E-state index contributed by atoms with van der Waals surface area (Å²) < 4.78 is 0. The summed E-state index contributed by atoms with van der Waals surface area (Å²) in [6.45, 7) is 1.96. The van der Waals surface area contributed by atoms with Crippen molar-refractivity contribution in [2.45, 2.75) is 0 Å². The molecule has 0 radical (unpaired) electrons. The monoisotopic (exact) mass is 218 g/mol. The number of fused-ring (bicyclic) bond motifs is 2. The predicted molar refractivity (Wildman–Crippen MR) is 69.8 cm³/mol. The van der Waals surface area contributed by atoms with E-state index in [1.165, 1.54) is 22.7 Å². The van der Waals surface area contributed by atoms with E-state index in [9.17, 15) is 0 Å². The lowest BCUT2D eigenvalue weighted by Gasteiger charge is -2.14. The van der Waals surface area contributed by atoms with E-state index in [0.29, 0.717) is 0 Å². The average molecular weight is 218 g/mol. The Balaban J connectivity index is 2.17. The highest BCUT2D eigenvalue weighted by Gasteiger charge is 2.27. The van der Waals surface area contributed by atoms with Gasteiger partial charge in [-0.05, 0) is 12.1 Å². The maximum Gasteiger partial charge on any atom is 0.0898 e. The van der Waals surface area contributed by atoms with E-state index >= 15 is 0 Å². The number of rotatable bonds is 0. The van der Waals surface area contributed by atoms with Crippen LogP contribution in [0.5, 0.6) is 0 Å².